The Hall–Kier alpha value is -0.550. The summed E-state index contributed by atoms with van der Waals surface area (Å²) in [5.74, 6) is 0.970. The number of likely N-dealkylation sites (tertiary alicyclic amines) is 1. The summed E-state index contributed by atoms with van der Waals surface area (Å²) in [5, 5.41) is 8.65. The standard InChI is InChI=1S/C8H14N2/c1-7-3-8(4-9)6-10(2)5-7/h7-8H,3,5-6H2,1-2H3/t7-,8?/m1/s1. The molecule has 0 saturated carbocycles. The molecule has 0 N–H and O–H groups in total. The van der Waals surface area contributed by atoms with Crippen LogP contribution in [0.1, 0.15) is 13.3 Å². The zero-order valence-electron chi connectivity index (χ0n) is 6.67. The molecule has 10 heavy (non-hydrogen) atoms. The SMILES string of the molecule is C[C@@H]1CC(C#N)CN(C)C1. The topological polar surface area (TPSA) is 27.0 Å². The van der Waals surface area contributed by atoms with Crippen LogP contribution in [0.4, 0.5) is 0 Å². The first-order chi connectivity index (χ1) is 4.72. The van der Waals surface area contributed by atoms with Gasteiger partial charge in [0.05, 0.1) is 12.0 Å². The Balaban J connectivity index is 2.44. The van der Waals surface area contributed by atoms with Crippen molar-refractivity contribution in [3.05, 3.63) is 0 Å². The first kappa shape index (κ1) is 7.56. The van der Waals surface area contributed by atoms with Crippen molar-refractivity contribution < 1.29 is 0 Å². The van der Waals surface area contributed by atoms with E-state index >= 15 is 0 Å². The third kappa shape index (κ3) is 1.71. The van der Waals surface area contributed by atoms with E-state index in [0.29, 0.717) is 5.92 Å². The number of rotatable bonds is 0. The van der Waals surface area contributed by atoms with Gasteiger partial charge in [0.15, 0.2) is 0 Å². The van der Waals surface area contributed by atoms with Crippen LogP contribution in [-0.4, -0.2) is 25.0 Å². The van der Waals surface area contributed by atoms with E-state index in [1.165, 1.54) is 0 Å². The molecular formula is C8H14N2. The molecule has 1 aliphatic heterocycles. The smallest absolute Gasteiger partial charge is 0.0669 e. The Bertz CT molecular complexity index is 138. The van der Waals surface area contributed by atoms with Gasteiger partial charge in [0.25, 0.3) is 0 Å². The summed E-state index contributed by atoms with van der Waals surface area (Å²) in [4.78, 5) is 2.24. The van der Waals surface area contributed by atoms with Gasteiger partial charge in [-0.2, -0.15) is 5.26 Å². The highest BCUT2D eigenvalue weighted by molar-refractivity contribution is 4.89. The summed E-state index contributed by atoms with van der Waals surface area (Å²) >= 11 is 0. The maximum Gasteiger partial charge on any atom is 0.0669 e. The average Bonchev–Trinajstić information content (AvgIpc) is 1.85. The van der Waals surface area contributed by atoms with E-state index in [9.17, 15) is 0 Å². The van der Waals surface area contributed by atoms with Gasteiger partial charge in [0, 0.05) is 13.1 Å². The predicted molar refractivity (Wildman–Crippen MR) is 40.4 cm³/mol. The lowest BCUT2D eigenvalue weighted by atomic mass is 9.92. The summed E-state index contributed by atoms with van der Waals surface area (Å²) in [6, 6.07) is 2.32. The van der Waals surface area contributed by atoms with Crippen LogP contribution in [0.3, 0.4) is 0 Å². The Morgan fingerprint density at radius 2 is 2.20 bits per heavy atom. The summed E-state index contributed by atoms with van der Waals surface area (Å²) in [5.41, 5.74) is 0. The van der Waals surface area contributed by atoms with E-state index in [0.717, 1.165) is 19.5 Å². The zero-order valence-corrected chi connectivity index (χ0v) is 6.67. The molecule has 0 aromatic heterocycles. The fourth-order valence-corrected chi connectivity index (χ4v) is 1.71. The maximum atomic E-state index is 8.65. The minimum absolute atomic E-state index is 0.272. The third-order valence-corrected chi connectivity index (χ3v) is 2.02. The first-order valence-corrected chi connectivity index (χ1v) is 3.80. The van der Waals surface area contributed by atoms with Crippen molar-refractivity contribution in [2.24, 2.45) is 11.8 Å². The normalized spacial score (nSPS) is 35.3. The molecule has 0 aromatic carbocycles. The van der Waals surface area contributed by atoms with E-state index < -0.39 is 0 Å². The Labute approximate surface area is 62.4 Å². The molecule has 0 radical (unpaired) electrons. The number of hydrogen-bond acceptors (Lipinski definition) is 2. The van der Waals surface area contributed by atoms with Crippen LogP contribution in [0.2, 0.25) is 0 Å². The summed E-state index contributed by atoms with van der Waals surface area (Å²) < 4.78 is 0. The Kier molecular flexibility index (Phi) is 2.29. The second-order valence-electron chi connectivity index (χ2n) is 3.39. The summed E-state index contributed by atoms with van der Waals surface area (Å²) in [7, 11) is 2.08. The van der Waals surface area contributed by atoms with Crippen molar-refractivity contribution in [3.63, 3.8) is 0 Å². The zero-order chi connectivity index (χ0) is 7.56. The molecule has 0 amide bonds. The van der Waals surface area contributed by atoms with Crippen LogP contribution in [0.25, 0.3) is 0 Å². The van der Waals surface area contributed by atoms with E-state index in [2.05, 4.69) is 24.9 Å². The number of nitrogens with zero attached hydrogens (tertiary/aromatic N) is 2. The van der Waals surface area contributed by atoms with Gasteiger partial charge in [-0.25, -0.2) is 0 Å². The van der Waals surface area contributed by atoms with Gasteiger partial charge in [-0.05, 0) is 19.4 Å². The summed E-state index contributed by atoms with van der Waals surface area (Å²) in [6.45, 7) is 4.32. The fourth-order valence-electron chi connectivity index (χ4n) is 1.71. The lowest BCUT2D eigenvalue weighted by molar-refractivity contribution is 0.188. The number of piperidine rings is 1. The second kappa shape index (κ2) is 3.03. The van der Waals surface area contributed by atoms with Crippen LogP contribution < -0.4 is 0 Å². The van der Waals surface area contributed by atoms with Crippen molar-refractivity contribution in [2.75, 3.05) is 20.1 Å². The monoisotopic (exact) mass is 138 g/mol. The van der Waals surface area contributed by atoms with Crippen molar-refractivity contribution in [2.45, 2.75) is 13.3 Å². The molecule has 1 saturated heterocycles. The molecule has 0 spiro atoms. The van der Waals surface area contributed by atoms with Gasteiger partial charge in [0.1, 0.15) is 0 Å². The average molecular weight is 138 g/mol. The van der Waals surface area contributed by atoms with Crippen molar-refractivity contribution in [3.8, 4) is 6.07 Å². The Morgan fingerprint density at radius 3 is 2.70 bits per heavy atom. The maximum absolute atomic E-state index is 8.65. The van der Waals surface area contributed by atoms with Gasteiger partial charge >= 0.3 is 0 Å². The van der Waals surface area contributed by atoms with Crippen molar-refractivity contribution in [1.82, 2.24) is 4.90 Å². The first-order valence-electron chi connectivity index (χ1n) is 3.80. The molecule has 0 bridgehead atoms. The van der Waals surface area contributed by atoms with Crippen molar-refractivity contribution in [1.29, 1.82) is 5.26 Å². The second-order valence-corrected chi connectivity index (χ2v) is 3.39. The molecule has 1 unspecified atom stereocenters. The van der Waals surface area contributed by atoms with Crippen LogP contribution in [0.15, 0.2) is 0 Å². The van der Waals surface area contributed by atoms with Gasteiger partial charge in [-0.1, -0.05) is 6.92 Å². The molecule has 0 aromatic rings. The van der Waals surface area contributed by atoms with E-state index in [1.54, 1.807) is 0 Å². The van der Waals surface area contributed by atoms with Crippen LogP contribution >= 0.6 is 0 Å². The van der Waals surface area contributed by atoms with E-state index in [1.807, 2.05) is 0 Å². The van der Waals surface area contributed by atoms with Crippen LogP contribution in [0, 0.1) is 23.2 Å². The highest BCUT2D eigenvalue weighted by atomic mass is 15.1. The molecule has 1 fully saturated rings. The lowest BCUT2D eigenvalue weighted by Crippen LogP contribution is -2.36. The van der Waals surface area contributed by atoms with Crippen LogP contribution in [0.5, 0.6) is 0 Å². The van der Waals surface area contributed by atoms with Gasteiger partial charge in [-0.3, -0.25) is 0 Å². The predicted octanol–water partition coefficient (Wildman–Crippen LogP) is 1.10. The van der Waals surface area contributed by atoms with Gasteiger partial charge in [-0.15, -0.1) is 0 Å². The quantitative estimate of drug-likeness (QED) is 0.501. The van der Waals surface area contributed by atoms with E-state index in [4.69, 9.17) is 5.26 Å². The minimum atomic E-state index is 0.272. The molecule has 1 rings (SSSR count). The summed E-state index contributed by atoms with van der Waals surface area (Å²) in [6.07, 6.45) is 1.08. The van der Waals surface area contributed by atoms with Gasteiger partial charge < -0.3 is 4.90 Å². The van der Waals surface area contributed by atoms with Crippen molar-refractivity contribution >= 4 is 0 Å². The molecular weight excluding hydrogens is 124 g/mol. The minimum Gasteiger partial charge on any atom is -0.305 e. The third-order valence-electron chi connectivity index (χ3n) is 2.02. The highest BCUT2D eigenvalue weighted by Gasteiger charge is 2.21. The molecule has 2 atom stereocenters. The fraction of sp³-hybridized carbons (Fsp3) is 0.875. The molecule has 56 valence electrons. The molecule has 2 heteroatoms. The van der Waals surface area contributed by atoms with Gasteiger partial charge in [0.2, 0.25) is 0 Å². The number of hydrogen-bond donors (Lipinski definition) is 0. The largest absolute Gasteiger partial charge is 0.305 e. The molecule has 1 heterocycles. The highest BCUT2D eigenvalue weighted by Crippen LogP contribution is 2.18. The number of nitriles is 1. The van der Waals surface area contributed by atoms with E-state index in [-0.39, 0.29) is 5.92 Å². The Morgan fingerprint density at radius 1 is 1.50 bits per heavy atom. The molecule has 0 aliphatic carbocycles. The van der Waals surface area contributed by atoms with Crippen LogP contribution in [-0.2, 0) is 0 Å². The molecule has 1 aliphatic rings. The molecule has 2 nitrogen and oxygen atoms in total. The lowest BCUT2D eigenvalue weighted by Gasteiger charge is -2.30.